The summed E-state index contributed by atoms with van der Waals surface area (Å²) in [6.45, 7) is 0.454. The second kappa shape index (κ2) is 6.41. The lowest BCUT2D eigenvalue weighted by atomic mass is 10.2. The number of rotatable bonds is 5. The zero-order valence-corrected chi connectivity index (χ0v) is 14.2. The predicted octanol–water partition coefficient (Wildman–Crippen LogP) is 1.06. The van der Waals surface area contributed by atoms with Crippen LogP contribution in [0.2, 0.25) is 0 Å². The van der Waals surface area contributed by atoms with E-state index in [2.05, 4.69) is 20.1 Å². The molecule has 0 aliphatic heterocycles. The quantitative estimate of drug-likeness (QED) is 0.540. The van der Waals surface area contributed by atoms with Crippen LogP contribution < -0.4 is 10.3 Å². The van der Waals surface area contributed by atoms with Gasteiger partial charge < -0.3 is 14.4 Å². The maximum atomic E-state index is 12.3. The highest BCUT2D eigenvalue weighted by atomic mass is 16.5. The van der Waals surface area contributed by atoms with Gasteiger partial charge in [-0.15, -0.1) is 0 Å². The number of aromatic nitrogens is 6. The molecule has 4 aromatic rings. The molecule has 0 saturated carbocycles. The number of fused-ring (bicyclic) bond motifs is 1. The first-order chi connectivity index (χ1) is 13.0. The summed E-state index contributed by atoms with van der Waals surface area (Å²) in [5.74, 6) is -0.260. The SMILES string of the molecule is COc1ccc(Cn2cnc3c(=O)[nH]c(-n4cc(C(=O)O)cn4)nc32)cc1. The van der Waals surface area contributed by atoms with Gasteiger partial charge in [0.1, 0.15) is 5.75 Å². The number of hydrogen-bond acceptors (Lipinski definition) is 6. The van der Waals surface area contributed by atoms with Gasteiger partial charge >= 0.3 is 5.97 Å². The van der Waals surface area contributed by atoms with Crippen molar-refractivity contribution in [1.29, 1.82) is 0 Å². The smallest absolute Gasteiger partial charge is 0.338 e. The highest BCUT2D eigenvalue weighted by molar-refractivity contribution is 5.86. The summed E-state index contributed by atoms with van der Waals surface area (Å²) >= 11 is 0. The van der Waals surface area contributed by atoms with Crippen molar-refractivity contribution in [2.75, 3.05) is 7.11 Å². The van der Waals surface area contributed by atoms with Crippen molar-refractivity contribution in [3.05, 3.63) is 64.5 Å². The third kappa shape index (κ3) is 3.03. The molecule has 136 valence electrons. The van der Waals surface area contributed by atoms with Gasteiger partial charge in [-0.2, -0.15) is 10.1 Å². The number of aromatic carboxylic acids is 1. The molecule has 0 spiro atoms. The van der Waals surface area contributed by atoms with Gasteiger partial charge in [-0.05, 0) is 17.7 Å². The number of nitrogens with one attached hydrogen (secondary N) is 1. The number of ether oxygens (including phenoxy) is 1. The molecule has 1 aromatic carbocycles. The van der Waals surface area contributed by atoms with Gasteiger partial charge in [0.15, 0.2) is 11.2 Å². The Bertz CT molecular complexity index is 1190. The average Bonchev–Trinajstić information content (AvgIpc) is 3.30. The van der Waals surface area contributed by atoms with Crippen LogP contribution in [-0.2, 0) is 6.54 Å². The first kappa shape index (κ1) is 16.5. The molecule has 0 saturated heterocycles. The van der Waals surface area contributed by atoms with E-state index < -0.39 is 11.5 Å². The number of benzene rings is 1. The Morgan fingerprint density at radius 1 is 1.30 bits per heavy atom. The lowest BCUT2D eigenvalue weighted by Gasteiger charge is -2.06. The van der Waals surface area contributed by atoms with Gasteiger partial charge in [0.2, 0.25) is 5.95 Å². The molecule has 0 bridgehead atoms. The molecular formula is C17H14N6O4. The maximum Gasteiger partial charge on any atom is 0.338 e. The summed E-state index contributed by atoms with van der Waals surface area (Å²) in [6, 6.07) is 7.51. The zero-order chi connectivity index (χ0) is 19.0. The number of imidazole rings is 1. The standard InChI is InChI=1S/C17H14N6O4/c1-27-12-4-2-10(3-5-12)7-22-9-18-13-14(22)20-17(21-15(13)24)23-8-11(6-19-23)16(25)26/h2-6,8-9H,7H2,1H3,(H,25,26)(H,20,21,24). The van der Waals surface area contributed by atoms with Crippen molar-refractivity contribution >= 4 is 17.1 Å². The fraction of sp³-hybridized carbons (Fsp3) is 0.118. The molecule has 0 aliphatic carbocycles. The summed E-state index contributed by atoms with van der Waals surface area (Å²) in [4.78, 5) is 34.4. The van der Waals surface area contributed by atoms with Crippen LogP contribution in [0.5, 0.6) is 5.75 Å². The molecule has 0 amide bonds. The largest absolute Gasteiger partial charge is 0.497 e. The van der Waals surface area contributed by atoms with Crippen molar-refractivity contribution in [2.45, 2.75) is 6.54 Å². The minimum atomic E-state index is -1.12. The third-order valence-corrected chi connectivity index (χ3v) is 4.02. The van der Waals surface area contributed by atoms with E-state index in [-0.39, 0.29) is 17.0 Å². The Kier molecular flexibility index (Phi) is 3.92. The fourth-order valence-electron chi connectivity index (χ4n) is 2.64. The molecule has 0 fully saturated rings. The summed E-state index contributed by atoms with van der Waals surface area (Å²) in [5.41, 5.74) is 1.10. The predicted molar refractivity (Wildman–Crippen MR) is 94.3 cm³/mol. The summed E-state index contributed by atoms with van der Waals surface area (Å²) in [7, 11) is 1.60. The van der Waals surface area contributed by atoms with Crippen LogP contribution >= 0.6 is 0 Å². The highest BCUT2D eigenvalue weighted by Gasteiger charge is 2.14. The van der Waals surface area contributed by atoms with Crippen molar-refractivity contribution < 1.29 is 14.6 Å². The van der Waals surface area contributed by atoms with Crippen molar-refractivity contribution in [2.24, 2.45) is 0 Å². The number of carbonyl (C=O) groups is 1. The Morgan fingerprint density at radius 2 is 2.07 bits per heavy atom. The molecule has 3 aromatic heterocycles. The van der Waals surface area contributed by atoms with E-state index in [4.69, 9.17) is 9.84 Å². The lowest BCUT2D eigenvalue weighted by Crippen LogP contribution is -2.15. The molecule has 27 heavy (non-hydrogen) atoms. The molecule has 4 rings (SSSR count). The number of methoxy groups -OCH3 is 1. The van der Waals surface area contributed by atoms with Crippen LogP contribution in [0.4, 0.5) is 0 Å². The van der Waals surface area contributed by atoms with Crippen molar-refractivity contribution in [3.63, 3.8) is 0 Å². The Hall–Kier alpha value is -3.95. The Labute approximate surface area is 151 Å². The van der Waals surface area contributed by atoms with Gasteiger partial charge in [0.05, 0.1) is 31.7 Å². The normalized spacial score (nSPS) is 11.0. The van der Waals surface area contributed by atoms with E-state index in [1.54, 1.807) is 11.7 Å². The van der Waals surface area contributed by atoms with Gasteiger partial charge in [-0.25, -0.2) is 14.5 Å². The number of nitrogens with zero attached hydrogens (tertiary/aromatic N) is 5. The topological polar surface area (TPSA) is 128 Å². The van der Waals surface area contributed by atoms with E-state index in [0.29, 0.717) is 12.2 Å². The van der Waals surface area contributed by atoms with E-state index in [9.17, 15) is 9.59 Å². The second-order valence-corrected chi connectivity index (χ2v) is 5.76. The maximum absolute atomic E-state index is 12.3. The van der Waals surface area contributed by atoms with E-state index in [1.807, 2.05) is 24.3 Å². The molecule has 0 aliphatic rings. The molecule has 0 unspecified atom stereocenters. The summed E-state index contributed by atoms with van der Waals surface area (Å²) < 4.78 is 8.08. The molecule has 2 N–H and O–H groups in total. The van der Waals surface area contributed by atoms with Crippen molar-refractivity contribution in [1.82, 2.24) is 29.3 Å². The molecule has 0 atom stereocenters. The van der Waals surface area contributed by atoms with Gasteiger partial charge in [0.25, 0.3) is 5.56 Å². The monoisotopic (exact) mass is 366 g/mol. The van der Waals surface area contributed by atoms with E-state index in [0.717, 1.165) is 11.3 Å². The molecule has 10 heteroatoms. The summed E-state index contributed by atoms with van der Waals surface area (Å²) in [5, 5.41) is 12.9. The number of aromatic amines is 1. The van der Waals surface area contributed by atoms with Gasteiger partial charge in [-0.1, -0.05) is 12.1 Å². The molecular weight excluding hydrogens is 352 g/mol. The third-order valence-electron chi connectivity index (χ3n) is 4.02. The number of hydrogen-bond donors (Lipinski definition) is 2. The average molecular weight is 366 g/mol. The zero-order valence-electron chi connectivity index (χ0n) is 14.2. The van der Waals surface area contributed by atoms with Crippen LogP contribution in [0.3, 0.4) is 0 Å². The number of carboxylic acid groups (broad SMARTS) is 1. The minimum Gasteiger partial charge on any atom is -0.497 e. The number of H-pyrrole nitrogens is 1. The van der Waals surface area contributed by atoms with Gasteiger partial charge in [0, 0.05) is 6.20 Å². The van der Waals surface area contributed by atoms with Crippen LogP contribution in [0.1, 0.15) is 15.9 Å². The van der Waals surface area contributed by atoms with E-state index >= 15 is 0 Å². The minimum absolute atomic E-state index is 0.00973. The van der Waals surface area contributed by atoms with Crippen LogP contribution in [-0.4, -0.2) is 47.5 Å². The molecule has 0 radical (unpaired) electrons. The van der Waals surface area contributed by atoms with E-state index in [1.165, 1.54) is 23.4 Å². The Balaban J connectivity index is 1.74. The Morgan fingerprint density at radius 3 is 2.74 bits per heavy atom. The van der Waals surface area contributed by atoms with Crippen LogP contribution in [0.25, 0.3) is 17.1 Å². The highest BCUT2D eigenvalue weighted by Crippen LogP contribution is 2.15. The molecule has 10 nitrogen and oxygen atoms in total. The van der Waals surface area contributed by atoms with Crippen LogP contribution in [0.15, 0.2) is 47.8 Å². The first-order valence-electron chi connectivity index (χ1n) is 7.91. The number of carboxylic acids is 1. The van der Waals surface area contributed by atoms with Crippen LogP contribution in [0, 0.1) is 0 Å². The van der Waals surface area contributed by atoms with Gasteiger partial charge in [-0.3, -0.25) is 9.78 Å². The fourth-order valence-corrected chi connectivity index (χ4v) is 2.64. The summed E-state index contributed by atoms with van der Waals surface area (Å²) in [6.07, 6.45) is 3.99. The molecule has 3 heterocycles. The second-order valence-electron chi connectivity index (χ2n) is 5.76. The first-order valence-corrected chi connectivity index (χ1v) is 7.91. The lowest BCUT2D eigenvalue weighted by molar-refractivity contribution is 0.0697. The van der Waals surface area contributed by atoms with Crippen molar-refractivity contribution in [3.8, 4) is 11.7 Å².